The minimum absolute atomic E-state index is 0.0858. The van der Waals surface area contributed by atoms with Crippen LogP contribution in [0.5, 0.6) is 11.5 Å². The third kappa shape index (κ3) is 4.79. The Morgan fingerprint density at radius 1 is 1.00 bits per heavy atom. The van der Waals surface area contributed by atoms with Crippen LogP contribution in [0.1, 0.15) is 98.0 Å². The summed E-state index contributed by atoms with van der Waals surface area (Å²) in [5, 5.41) is 33.2. The zero-order valence-corrected chi connectivity index (χ0v) is 26.9. The molecule has 9 nitrogen and oxygen atoms in total. The van der Waals surface area contributed by atoms with E-state index in [2.05, 4.69) is 39.9 Å². The van der Waals surface area contributed by atoms with Gasteiger partial charge in [-0.3, -0.25) is 9.59 Å². The molecule has 4 aliphatic carbocycles. The number of hydrogen-bond donors (Lipinski definition) is 4. The van der Waals surface area contributed by atoms with Crippen LogP contribution in [0.4, 0.5) is 0 Å². The molecule has 4 N–H and O–H groups in total. The van der Waals surface area contributed by atoms with Crippen molar-refractivity contribution in [3.05, 3.63) is 23.8 Å². The van der Waals surface area contributed by atoms with Crippen LogP contribution in [-0.4, -0.2) is 68.8 Å². The van der Waals surface area contributed by atoms with E-state index >= 15 is 0 Å². The largest absolute Gasteiger partial charge is 0.504 e. The lowest BCUT2D eigenvalue weighted by Crippen LogP contribution is -2.58. The Morgan fingerprint density at radius 3 is 2.32 bits per heavy atom. The Kier molecular flexibility index (Phi) is 7.54. The summed E-state index contributed by atoms with van der Waals surface area (Å²) in [4.78, 5) is 43.7. The van der Waals surface area contributed by atoms with Crippen molar-refractivity contribution >= 4 is 17.8 Å². The molecule has 9 heteroatoms. The number of aliphatic hydroxyl groups is 1. The number of esters is 1. The molecule has 2 amide bonds. The van der Waals surface area contributed by atoms with Crippen LogP contribution in [0.25, 0.3) is 0 Å². The number of piperidine rings is 1. The van der Waals surface area contributed by atoms with Gasteiger partial charge < -0.3 is 30.3 Å². The van der Waals surface area contributed by atoms with E-state index in [0.29, 0.717) is 18.0 Å². The van der Waals surface area contributed by atoms with Gasteiger partial charge in [0, 0.05) is 23.8 Å². The van der Waals surface area contributed by atoms with E-state index in [1.807, 2.05) is 0 Å². The summed E-state index contributed by atoms with van der Waals surface area (Å²) in [5.74, 6) is -1.44. The maximum absolute atomic E-state index is 14.5. The summed E-state index contributed by atoms with van der Waals surface area (Å²) < 4.78 is 6.39. The molecule has 5 aliphatic rings. The zero-order valence-electron chi connectivity index (χ0n) is 26.9. The van der Waals surface area contributed by atoms with Gasteiger partial charge in [0.2, 0.25) is 11.8 Å². The summed E-state index contributed by atoms with van der Waals surface area (Å²) in [6, 6.07) is 2.58. The van der Waals surface area contributed by atoms with Gasteiger partial charge in [-0.15, -0.1) is 0 Å². The smallest absolute Gasteiger partial charge is 0.329 e. The number of benzene rings is 1. The summed E-state index contributed by atoms with van der Waals surface area (Å²) in [6.07, 6.45) is 6.74. The first-order valence-corrected chi connectivity index (χ1v) is 16.6. The lowest BCUT2D eigenvalue weighted by Gasteiger charge is -2.40. The fourth-order valence-corrected chi connectivity index (χ4v) is 9.64. The number of phenolic OH excluding ortho intramolecular Hbond substituents is 2. The number of carbonyl (C=O) groups excluding carboxylic acids is 3. The van der Waals surface area contributed by atoms with Crippen molar-refractivity contribution in [3.63, 3.8) is 0 Å². The number of ether oxygens (including phenoxy) is 1. The third-order valence-corrected chi connectivity index (χ3v) is 13.4. The lowest BCUT2D eigenvalue weighted by atomic mass is 9.70. The number of amides is 2. The Labute approximate surface area is 260 Å². The summed E-state index contributed by atoms with van der Waals surface area (Å²) in [7, 11) is 0. The molecule has 8 atom stereocenters. The molecule has 1 aliphatic heterocycles. The highest BCUT2D eigenvalue weighted by molar-refractivity contribution is 5.93. The molecule has 5 fully saturated rings. The SMILES string of the molecule is CC12CN(C(=O)C(NC(=O)C(O)Cc3ccc(O)c(O)c3)C3CCCCC3)C(C(=O)OC3CC4CCC3(C)C4(C)C)C1(C)C2. The number of carbonyl (C=O) groups is 3. The highest BCUT2D eigenvalue weighted by Crippen LogP contribution is 2.71. The van der Waals surface area contributed by atoms with Crippen molar-refractivity contribution in [2.45, 2.75) is 123 Å². The van der Waals surface area contributed by atoms with Gasteiger partial charge in [0.1, 0.15) is 24.3 Å². The van der Waals surface area contributed by atoms with Crippen LogP contribution in [0, 0.1) is 33.5 Å². The Hall–Kier alpha value is -2.81. The first-order valence-electron chi connectivity index (χ1n) is 16.6. The summed E-state index contributed by atoms with van der Waals surface area (Å²) in [5.41, 5.74) is -0.0836. The maximum atomic E-state index is 14.5. The molecule has 2 bridgehead atoms. The van der Waals surface area contributed by atoms with Gasteiger partial charge in [0.15, 0.2) is 11.5 Å². The Morgan fingerprint density at radius 2 is 1.70 bits per heavy atom. The average Bonchev–Trinajstić information content (AvgIpc) is 3.22. The second-order valence-corrected chi connectivity index (χ2v) is 16.0. The van der Waals surface area contributed by atoms with E-state index in [1.165, 1.54) is 18.2 Å². The molecule has 8 unspecified atom stereocenters. The van der Waals surface area contributed by atoms with Crippen LogP contribution in [-0.2, 0) is 25.5 Å². The monoisotopic (exact) mass is 610 g/mol. The number of aromatic hydroxyl groups is 2. The molecule has 0 spiro atoms. The van der Waals surface area contributed by atoms with Crippen LogP contribution < -0.4 is 5.32 Å². The van der Waals surface area contributed by atoms with E-state index in [0.717, 1.165) is 57.8 Å². The number of hydrogen-bond acceptors (Lipinski definition) is 7. The van der Waals surface area contributed by atoms with Crippen molar-refractivity contribution in [2.75, 3.05) is 6.54 Å². The van der Waals surface area contributed by atoms with E-state index < -0.39 is 24.1 Å². The first kappa shape index (κ1) is 31.2. The number of likely N-dealkylation sites (tertiary alicyclic amines) is 1. The molecule has 0 radical (unpaired) electrons. The second-order valence-electron chi connectivity index (χ2n) is 16.0. The van der Waals surface area contributed by atoms with Crippen LogP contribution >= 0.6 is 0 Å². The molecule has 0 aromatic heterocycles. The van der Waals surface area contributed by atoms with Crippen LogP contribution in [0.2, 0.25) is 0 Å². The average molecular weight is 611 g/mol. The van der Waals surface area contributed by atoms with Crippen molar-refractivity contribution in [2.24, 2.45) is 33.5 Å². The van der Waals surface area contributed by atoms with Crippen LogP contribution in [0.15, 0.2) is 18.2 Å². The topological polar surface area (TPSA) is 136 Å². The van der Waals surface area contributed by atoms with Gasteiger partial charge in [-0.2, -0.15) is 0 Å². The van der Waals surface area contributed by atoms with Crippen LogP contribution in [0.3, 0.4) is 0 Å². The minimum Gasteiger partial charge on any atom is -0.504 e. The molecular weight excluding hydrogens is 560 g/mol. The number of nitrogens with zero attached hydrogens (tertiary/aromatic N) is 1. The fourth-order valence-electron chi connectivity index (χ4n) is 9.64. The maximum Gasteiger partial charge on any atom is 0.329 e. The molecule has 242 valence electrons. The van der Waals surface area contributed by atoms with Crippen molar-refractivity contribution in [1.29, 1.82) is 0 Å². The fraction of sp³-hybridized carbons (Fsp3) is 0.743. The highest BCUT2D eigenvalue weighted by atomic mass is 16.5. The standard InChI is InChI=1S/C35H50N2O7/c1-32(2)22-13-14-34(32,4)26(17-22)44-31(43)28-35(5)18-33(35,3)19-37(28)30(42)27(21-9-7-6-8-10-21)36-29(41)25(40)16-20-11-12-23(38)24(39)15-20/h11-12,15,21-22,25-28,38-40H,6-10,13-14,16-19H2,1-5H3,(H,36,41). The predicted octanol–water partition coefficient (Wildman–Crippen LogP) is 4.45. The Balaban J connectivity index is 1.21. The lowest BCUT2D eigenvalue weighted by molar-refractivity contribution is -0.168. The van der Waals surface area contributed by atoms with Gasteiger partial charge >= 0.3 is 5.97 Å². The van der Waals surface area contributed by atoms with E-state index in [9.17, 15) is 29.7 Å². The van der Waals surface area contributed by atoms with Gasteiger partial charge in [0.05, 0.1) is 0 Å². The number of fused-ring (bicyclic) bond motifs is 3. The molecule has 1 heterocycles. The quantitative estimate of drug-likeness (QED) is 0.252. The summed E-state index contributed by atoms with van der Waals surface area (Å²) >= 11 is 0. The minimum atomic E-state index is -1.46. The molecule has 44 heavy (non-hydrogen) atoms. The number of aliphatic hydroxyl groups excluding tert-OH is 1. The molecule has 6 rings (SSSR count). The van der Waals surface area contributed by atoms with E-state index in [-0.39, 0.29) is 63.5 Å². The third-order valence-electron chi connectivity index (χ3n) is 13.4. The molecule has 1 aromatic rings. The molecular formula is C35H50N2O7. The molecule has 4 saturated carbocycles. The first-order chi connectivity index (χ1) is 20.6. The van der Waals surface area contributed by atoms with Gasteiger partial charge in [0.25, 0.3) is 0 Å². The van der Waals surface area contributed by atoms with Gasteiger partial charge in [-0.05, 0) is 78.9 Å². The van der Waals surface area contributed by atoms with Gasteiger partial charge in [-0.1, -0.05) is 59.9 Å². The Bertz CT molecular complexity index is 1340. The van der Waals surface area contributed by atoms with E-state index in [1.54, 1.807) is 4.90 Å². The highest BCUT2D eigenvalue weighted by Gasteiger charge is 2.75. The molecule has 1 saturated heterocycles. The number of rotatable bonds is 8. The van der Waals surface area contributed by atoms with Crippen molar-refractivity contribution in [3.8, 4) is 11.5 Å². The number of phenols is 2. The number of nitrogens with one attached hydrogen (secondary N) is 1. The normalized spacial score (nSPS) is 36.9. The second kappa shape index (κ2) is 10.6. The van der Waals surface area contributed by atoms with Crippen molar-refractivity contribution < 1.29 is 34.4 Å². The predicted molar refractivity (Wildman–Crippen MR) is 163 cm³/mol. The van der Waals surface area contributed by atoms with Crippen molar-refractivity contribution in [1.82, 2.24) is 10.2 Å². The van der Waals surface area contributed by atoms with E-state index in [4.69, 9.17) is 4.74 Å². The molecule has 1 aromatic carbocycles. The van der Waals surface area contributed by atoms with Gasteiger partial charge in [-0.25, -0.2) is 4.79 Å². The summed E-state index contributed by atoms with van der Waals surface area (Å²) in [6.45, 7) is 11.5. The zero-order chi connectivity index (χ0) is 31.8.